The molecule has 0 saturated carbocycles. The topological polar surface area (TPSA) is 110 Å². The quantitative estimate of drug-likeness (QED) is 0.166. The number of anilines is 1. The molecule has 1 aliphatic heterocycles. The third kappa shape index (κ3) is 10.8. The second-order valence-electron chi connectivity index (χ2n) is 15.2. The molecular weight excluding hydrogens is 583 g/mol. The zero-order chi connectivity index (χ0) is 32.2. The van der Waals surface area contributed by atoms with Gasteiger partial charge in [0.2, 0.25) is 15.2 Å². The maximum absolute atomic E-state index is 13.8. The van der Waals surface area contributed by atoms with Gasteiger partial charge in [0, 0.05) is 55.3 Å². The molecule has 0 radical (unpaired) electrons. The summed E-state index contributed by atoms with van der Waals surface area (Å²) in [6, 6.07) is 6.58. The number of nitro groups is 1. The van der Waals surface area contributed by atoms with Gasteiger partial charge in [0.1, 0.15) is 5.82 Å². The van der Waals surface area contributed by atoms with Crippen LogP contribution in [0.2, 0.25) is 0 Å². The molecule has 43 heavy (non-hydrogen) atoms. The minimum absolute atomic E-state index is 0.0600. The summed E-state index contributed by atoms with van der Waals surface area (Å²) in [6.45, 7) is 21.4. The van der Waals surface area contributed by atoms with Crippen molar-refractivity contribution in [2.75, 3.05) is 30.3 Å². The van der Waals surface area contributed by atoms with Gasteiger partial charge in [-0.2, -0.15) is 8.68 Å². The second-order valence-corrected chi connectivity index (χ2v) is 17.9. The number of sulfonamides is 1. The van der Waals surface area contributed by atoms with Crippen LogP contribution in [0.25, 0.3) is 0 Å². The Morgan fingerprint density at radius 1 is 1.05 bits per heavy atom. The molecule has 1 fully saturated rings. The van der Waals surface area contributed by atoms with Crippen molar-refractivity contribution in [2.24, 2.45) is 28.6 Å². The maximum Gasteiger partial charge on any atom is 0.273 e. The Hall–Kier alpha value is -2.11. The van der Waals surface area contributed by atoms with Crippen LogP contribution in [0.5, 0.6) is 0 Å². The monoisotopic (exact) mass is 635 g/mol. The molecular formula is C32H53N5O4S2. The summed E-state index contributed by atoms with van der Waals surface area (Å²) in [7, 11) is -3.44. The number of aromatic nitrogens is 2. The molecule has 0 spiro atoms. The molecule has 4 atom stereocenters. The van der Waals surface area contributed by atoms with Crippen LogP contribution in [0.4, 0.5) is 10.8 Å². The molecule has 1 aromatic heterocycles. The van der Waals surface area contributed by atoms with E-state index in [0.29, 0.717) is 42.9 Å². The van der Waals surface area contributed by atoms with Crippen LogP contribution in [0.15, 0.2) is 24.3 Å². The number of rotatable bonds is 13. The van der Waals surface area contributed by atoms with Crippen molar-refractivity contribution in [2.45, 2.75) is 100 Å². The number of hydrogen-bond donors (Lipinski definition) is 0. The largest absolute Gasteiger partial charge is 0.342 e. The molecule has 242 valence electrons. The first kappa shape index (κ1) is 35.4. The summed E-state index contributed by atoms with van der Waals surface area (Å²) in [5.74, 6) is 1.72. The van der Waals surface area contributed by atoms with E-state index in [1.165, 1.54) is 17.6 Å². The first-order chi connectivity index (χ1) is 19.8. The number of piperazine rings is 1. The highest BCUT2D eigenvalue weighted by Gasteiger charge is 2.36. The van der Waals surface area contributed by atoms with Crippen molar-refractivity contribution in [3.8, 4) is 0 Å². The first-order valence-electron chi connectivity index (χ1n) is 15.6. The van der Waals surface area contributed by atoms with Gasteiger partial charge in [0.15, 0.2) is 0 Å². The highest BCUT2D eigenvalue weighted by molar-refractivity contribution is 7.89. The fourth-order valence-electron chi connectivity index (χ4n) is 6.59. The predicted molar refractivity (Wildman–Crippen MR) is 177 cm³/mol. The number of nitro benzene ring substituents is 1. The van der Waals surface area contributed by atoms with Crippen LogP contribution >= 0.6 is 11.5 Å². The lowest BCUT2D eigenvalue weighted by Crippen LogP contribution is -2.54. The Morgan fingerprint density at radius 3 is 2.30 bits per heavy atom. The molecule has 3 rings (SSSR count). The molecule has 1 saturated heterocycles. The van der Waals surface area contributed by atoms with Gasteiger partial charge in [-0.1, -0.05) is 80.0 Å². The number of benzene rings is 1. The van der Waals surface area contributed by atoms with E-state index in [4.69, 9.17) is 0 Å². The van der Waals surface area contributed by atoms with E-state index in [9.17, 15) is 18.5 Å². The Kier molecular flexibility index (Phi) is 11.8. The average Bonchev–Trinajstić information content (AvgIpc) is 3.32. The Balaban J connectivity index is 1.67. The van der Waals surface area contributed by atoms with Gasteiger partial charge in [-0.3, -0.25) is 10.1 Å². The first-order valence-corrected chi connectivity index (χ1v) is 18.0. The van der Waals surface area contributed by atoms with Crippen LogP contribution in [0.1, 0.15) is 99.4 Å². The SMILES string of the molecule is CC(CCC(CS(=O)(=O)N1CCN(c2nc(Cc3ccccc3[N+](=O)[O-])ns2)C(C)C1)C(C)CC(C)(C)C)CC(C)(C)C. The van der Waals surface area contributed by atoms with E-state index in [1.54, 1.807) is 22.5 Å². The average molecular weight is 636 g/mol. The van der Waals surface area contributed by atoms with Crippen molar-refractivity contribution in [1.29, 1.82) is 0 Å². The molecule has 4 unspecified atom stereocenters. The van der Waals surface area contributed by atoms with E-state index < -0.39 is 10.0 Å². The van der Waals surface area contributed by atoms with Crippen LogP contribution in [-0.2, 0) is 16.4 Å². The van der Waals surface area contributed by atoms with Crippen LogP contribution in [-0.4, -0.2) is 58.4 Å². The van der Waals surface area contributed by atoms with Gasteiger partial charge in [-0.25, -0.2) is 13.4 Å². The molecule has 1 aliphatic rings. The molecule has 2 aromatic rings. The molecule has 2 heterocycles. The lowest BCUT2D eigenvalue weighted by atomic mass is 9.77. The second kappa shape index (κ2) is 14.3. The van der Waals surface area contributed by atoms with Crippen LogP contribution < -0.4 is 4.90 Å². The summed E-state index contributed by atoms with van der Waals surface area (Å²) < 4.78 is 33.8. The highest BCUT2D eigenvalue weighted by atomic mass is 32.2. The fourth-order valence-corrected chi connectivity index (χ4v) is 9.45. The van der Waals surface area contributed by atoms with E-state index in [-0.39, 0.29) is 45.6 Å². The van der Waals surface area contributed by atoms with Crippen molar-refractivity contribution in [3.63, 3.8) is 0 Å². The van der Waals surface area contributed by atoms with Crippen molar-refractivity contribution < 1.29 is 13.3 Å². The molecule has 0 amide bonds. The summed E-state index contributed by atoms with van der Waals surface area (Å²) in [4.78, 5) is 17.8. The summed E-state index contributed by atoms with van der Waals surface area (Å²) >= 11 is 1.26. The zero-order valence-corrected chi connectivity index (χ0v) is 29.3. The third-order valence-corrected chi connectivity index (χ3v) is 11.1. The van der Waals surface area contributed by atoms with Crippen molar-refractivity contribution >= 4 is 32.4 Å². The van der Waals surface area contributed by atoms with E-state index in [0.717, 1.165) is 30.8 Å². The van der Waals surface area contributed by atoms with E-state index >= 15 is 0 Å². The summed E-state index contributed by atoms with van der Waals surface area (Å²) in [6.07, 6.45) is 4.38. The minimum Gasteiger partial charge on any atom is -0.342 e. The van der Waals surface area contributed by atoms with Crippen LogP contribution in [0, 0.1) is 38.7 Å². The van der Waals surface area contributed by atoms with Gasteiger partial charge < -0.3 is 4.90 Å². The minimum atomic E-state index is -3.44. The smallest absolute Gasteiger partial charge is 0.273 e. The molecule has 11 heteroatoms. The summed E-state index contributed by atoms with van der Waals surface area (Å²) in [5, 5.41) is 12.1. The van der Waals surface area contributed by atoms with Gasteiger partial charge in [0.25, 0.3) is 5.69 Å². The molecule has 0 aliphatic carbocycles. The Morgan fingerprint density at radius 2 is 1.70 bits per heavy atom. The van der Waals surface area contributed by atoms with Gasteiger partial charge in [-0.15, -0.1) is 0 Å². The highest BCUT2D eigenvalue weighted by Crippen LogP contribution is 2.35. The maximum atomic E-state index is 13.8. The van der Waals surface area contributed by atoms with Crippen molar-refractivity contribution in [1.82, 2.24) is 13.7 Å². The molecule has 9 nitrogen and oxygen atoms in total. The zero-order valence-electron chi connectivity index (χ0n) is 27.7. The lowest BCUT2D eigenvalue weighted by molar-refractivity contribution is -0.385. The molecule has 0 bridgehead atoms. The Bertz CT molecular complexity index is 1320. The van der Waals surface area contributed by atoms with Gasteiger partial charge in [0.05, 0.1) is 10.7 Å². The van der Waals surface area contributed by atoms with Crippen molar-refractivity contribution in [3.05, 3.63) is 45.8 Å². The number of nitrogens with zero attached hydrogens (tertiary/aromatic N) is 5. The molecule has 1 aromatic carbocycles. The lowest BCUT2D eigenvalue weighted by Gasteiger charge is -2.40. The van der Waals surface area contributed by atoms with E-state index in [2.05, 4.69) is 69.6 Å². The summed E-state index contributed by atoms with van der Waals surface area (Å²) in [5.41, 5.74) is 1.04. The van der Waals surface area contributed by atoms with E-state index in [1.807, 2.05) is 6.92 Å². The number of hydrogen-bond acceptors (Lipinski definition) is 8. The van der Waals surface area contributed by atoms with Gasteiger partial charge >= 0.3 is 0 Å². The standard InChI is InChI=1S/C32H53N5O4S2/c1-23(19-31(4,5)6)14-15-27(24(2)20-32(7,8)9)22-43(40,41)35-16-17-36(25(3)21-35)30-33-29(34-42-30)18-26-12-10-11-13-28(26)37(38)39/h10-13,23-25,27H,14-22H2,1-9H3. The van der Waals surface area contributed by atoms with Gasteiger partial charge in [-0.05, 0) is 54.8 Å². The molecule has 0 N–H and O–H groups in total. The number of para-hydroxylation sites is 1. The normalized spacial score (nSPS) is 19.3. The fraction of sp³-hybridized carbons (Fsp3) is 0.750. The predicted octanol–water partition coefficient (Wildman–Crippen LogP) is 7.42. The van der Waals surface area contributed by atoms with Crippen LogP contribution in [0.3, 0.4) is 0 Å². The third-order valence-electron chi connectivity index (χ3n) is 8.38. The Labute approximate surface area is 263 Å².